The number of carbonyl (C=O) groups is 1. The molecule has 1 saturated heterocycles. The van der Waals surface area contributed by atoms with Gasteiger partial charge in [0.1, 0.15) is 5.75 Å². The molecule has 1 aliphatic heterocycles. The highest BCUT2D eigenvalue weighted by atomic mass is 16.5. The van der Waals surface area contributed by atoms with E-state index in [1.54, 1.807) is 12.1 Å². The topological polar surface area (TPSA) is 121 Å². The third kappa shape index (κ3) is 7.18. The normalized spacial score (nSPS) is 17.7. The first kappa shape index (κ1) is 25.4. The number of nitrogens with zero attached hydrogens (tertiary/aromatic N) is 3. The number of hydrogen-bond acceptors (Lipinski definition) is 8. The van der Waals surface area contributed by atoms with E-state index in [-0.39, 0.29) is 19.1 Å². The fraction of sp³-hybridized carbons (Fsp3) is 0.654. The van der Waals surface area contributed by atoms with Crippen molar-refractivity contribution in [2.75, 3.05) is 37.7 Å². The van der Waals surface area contributed by atoms with Crippen molar-refractivity contribution in [2.45, 2.75) is 64.4 Å². The highest BCUT2D eigenvalue weighted by Crippen LogP contribution is 2.30. The first-order chi connectivity index (χ1) is 17.0. The summed E-state index contributed by atoms with van der Waals surface area (Å²) in [4.78, 5) is 19.1. The number of aliphatic hydroxyl groups is 2. The number of rotatable bonds is 12. The lowest BCUT2D eigenvalue weighted by molar-refractivity contribution is 0.0801. The van der Waals surface area contributed by atoms with Gasteiger partial charge in [-0.25, -0.2) is 0 Å². The van der Waals surface area contributed by atoms with E-state index >= 15 is 0 Å². The zero-order chi connectivity index (χ0) is 24.6. The number of benzene rings is 1. The minimum atomic E-state index is -0.956. The molecular weight excluding hydrogens is 448 g/mol. The Morgan fingerprint density at radius 3 is 2.74 bits per heavy atom. The molecular formula is C26H38N4O5. The number of hydrogen-bond donors (Lipinski definition) is 3. The quantitative estimate of drug-likeness (QED) is 0.392. The van der Waals surface area contributed by atoms with Gasteiger partial charge >= 0.3 is 0 Å². The summed E-state index contributed by atoms with van der Waals surface area (Å²) in [5.74, 6) is 3.42. The van der Waals surface area contributed by atoms with Gasteiger partial charge in [0.05, 0.1) is 19.3 Å². The molecule has 2 aliphatic rings. The largest absolute Gasteiger partial charge is 0.494 e. The number of aromatic nitrogens is 2. The van der Waals surface area contributed by atoms with Crippen LogP contribution in [0.25, 0.3) is 0 Å². The van der Waals surface area contributed by atoms with Gasteiger partial charge in [-0.1, -0.05) is 6.42 Å². The van der Waals surface area contributed by atoms with E-state index in [9.17, 15) is 9.90 Å². The molecule has 1 aromatic heterocycles. The van der Waals surface area contributed by atoms with E-state index in [4.69, 9.17) is 14.4 Å². The van der Waals surface area contributed by atoms with Crippen LogP contribution in [0.4, 0.5) is 5.95 Å². The number of carbonyl (C=O) groups excluding carboxylic acids is 1. The highest BCUT2D eigenvalue weighted by Gasteiger charge is 2.25. The smallest absolute Gasteiger partial charge is 0.266 e. The van der Waals surface area contributed by atoms with Gasteiger partial charge in [0.2, 0.25) is 5.89 Å². The summed E-state index contributed by atoms with van der Waals surface area (Å²) in [6, 6.07) is 5.39. The second-order valence-electron chi connectivity index (χ2n) is 9.93. The van der Waals surface area contributed by atoms with Crippen LogP contribution in [0.3, 0.4) is 0 Å². The van der Waals surface area contributed by atoms with E-state index in [1.165, 1.54) is 19.3 Å². The van der Waals surface area contributed by atoms with Crippen LogP contribution in [0.5, 0.6) is 5.75 Å². The summed E-state index contributed by atoms with van der Waals surface area (Å²) in [7, 11) is 0. The number of anilines is 1. The minimum Gasteiger partial charge on any atom is -0.494 e. The Kier molecular flexibility index (Phi) is 8.98. The van der Waals surface area contributed by atoms with Crippen molar-refractivity contribution in [1.29, 1.82) is 0 Å². The fourth-order valence-corrected chi connectivity index (χ4v) is 4.74. The molecule has 3 N–H and O–H groups in total. The Balaban J connectivity index is 1.13. The maximum absolute atomic E-state index is 12.2. The molecule has 2 heterocycles. The average Bonchev–Trinajstić information content (AvgIpc) is 3.31. The molecule has 9 nitrogen and oxygen atoms in total. The van der Waals surface area contributed by atoms with Crippen molar-refractivity contribution in [3.05, 3.63) is 35.2 Å². The molecule has 2 aromatic rings. The van der Waals surface area contributed by atoms with Gasteiger partial charge in [-0.2, -0.15) is 4.98 Å². The molecule has 192 valence electrons. The minimum absolute atomic E-state index is 0.0164. The summed E-state index contributed by atoms with van der Waals surface area (Å²) in [6.45, 7) is 4.06. The third-order valence-electron chi connectivity index (χ3n) is 7.22. The summed E-state index contributed by atoms with van der Waals surface area (Å²) < 4.78 is 11.4. The molecule has 9 heteroatoms. The van der Waals surface area contributed by atoms with Crippen LogP contribution < -0.4 is 15.0 Å². The van der Waals surface area contributed by atoms with Gasteiger partial charge in [-0.05, 0) is 86.2 Å². The Morgan fingerprint density at radius 1 is 1.26 bits per heavy atom. The van der Waals surface area contributed by atoms with Crippen molar-refractivity contribution < 1.29 is 24.3 Å². The monoisotopic (exact) mass is 486 g/mol. The fourth-order valence-electron chi connectivity index (χ4n) is 4.74. The Labute approximate surface area is 206 Å². The number of aliphatic hydroxyl groups excluding tert-OH is 2. The lowest BCUT2D eigenvalue weighted by Gasteiger charge is -2.30. The van der Waals surface area contributed by atoms with Crippen molar-refractivity contribution in [3.63, 3.8) is 0 Å². The van der Waals surface area contributed by atoms with E-state index in [0.29, 0.717) is 18.1 Å². The number of nitrogens with one attached hydrogen (secondary N) is 1. The van der Waals surface area contributed by atoms with Crippen LogP contribution in [-0.2, 0) is 6.42 Å². The molecule has 1 amide bonds. The first-order valence-electron chi connectivity index (χ1n) is 12.9. The van der Waals surface area contributed by atoms with Gasteiger partial charge in [-0.15, -0.1) is 0 Å². The number of piperidine rings is 1. The lowest BCUT2D eigenvalue weighted by Crippen LogP contribution is -2.34. The molecule has 2 fully saturated rings. The van der Waals surface area contributed by atoms with Crippen molar-refractivity contribution in [2.24, 2.45) is 11.8 Å². The van der Waals surface area contributed by atoms with E-state index in [1.807, 2.05) is 13.0 Å². The average molecular weight is 487 g/mol. The van der Waals surface area contributed by atoms with E-state index < -0.39 is 6.10 Å². The number of ether oxygens (including phenoxy) is 1. The summed E-state index contributed by atoms with van der Waals surface area (Å²) >= 11 is 0. The van der Waals surface area contributed by atoms with E-state index in [2.05, 4.69) is 20.4 Å². The van der Waals surface area contributed by atoms with Gasteiger partial charge in [-0.3, -0.25) is 4.79 Å². The lowest BCUT2D eigenvalue weighted by atomic mass is 9.83. The molecule has 1 atom stereocenters. The molecule has 0 bridgehead atoms. The summed E-state index contributed by atoms with van der Waals surface area (Å²) in [5.41, 5.74) is 1.34. The Morgan fingerprint density at radius 2 is 2.06 bits per heavy atom. The number of aryl methyl sites for hydroxylation is 1. The van der Waals surface area contributed by atoms with Gasteiger partial charge < -0.3 is 29.7 Å². The molecule has 4 rings (SSSR count). The van der Waals surface area contributed by atoms with E-state index in [0.717, 1.165) is 74.3 Å². The van der Waals surface area contributed by atoms with Crippen molar-refractivity contribution in [1.82, 2.24) is 15.5 Å². The molecule has 0 unspecified atom stereocenters. The SMILES string of the molecule is Cc1cc(OCCCC2CCN(c3noc(CC4CCC4)n3)CC2)ccc1C(=O)NC[C@H](O)CO. The second kappa shape index (κ2) is 12.4. The maximum Gasteiger partial charge on any atom is 0.266 e. The third-order valence-corrected chi connectivity index (χ3v) is 7.22. The summed E-state index contributed by atoms with van der Waals surface area (Å²) in [5, 5.41) is 25.1. The molecule has 0 radical (unpaired) electrons. The van der Waals surface area contributed by atoms with Crippen LogP contribution in [0.2, 0.25) is 0 Å². The van der Waals surface area contributed by atoms with Crippen LogP contribution in [0.1, 0.15) is 66.8 Å². The Bertz CT molecular complexity index is 953. The second-order valence-corrected chi connectivity index (χ2v) is 9.93. The van der Waals surface area contributed by atoms with Crippen molar-refractivity contribution >= 4 is 11.9 Å². The first-order valence-corrected chi connectivity index (χ1v) is 12.9. The van der Waals surface area contributed by atoms with Crippen LogP contribution in [0, 0.1) is 18.8 Å². The van der Waals surface area contributed by atoms with Gasteiger partial charge in [0, 0.05) is 31.6 Å². The molecule has 1 aliphatic carbocycles. The van der Waals surface area contributed by atoms with Crippen molar-refractivity contribution in [3.8, 4) is 5.75 Å². The van der Waals surface area contributed by atoms with Gasteiger partial charge in [0.25, 0.3) is 11.9 Å². The zero-order valence-corrected chi connectivity index (χ0v) is 20.6. The molecule has 1 aromatic carbocycles. The predicted molar refractivity (Wildman–Crippen MR) is 132 cm³/mol. The standard InChI is InChI=1S/C26H38N4O5/c1-18-14-22(7-8-23(18)25(33)27-16-21(32)17-31)34-13-3-6-19-9-11-30(12-10-19)26-28-24(35-29-26)15-20-4-2-5-20/h7-8,14,19-21,31-32H,2-6,9-13,15-17H2,1H3,(H,27,33)/t21-/m0/s1. The van der Waals surface area contributed by atoms with Crippen LogP contribution in [0.15, 0.2) is 22.7 Å². The van der Waals surface area contributed by atoms with Crippen LogP contribution in [-0.4, -0.2) is 65.2 Å². The maximum atomic E-state index is 12.2. The highest BCUT2D eigenvalue weighted by molar-refractivity contribution is 5.95. The zero-order valence-electron chi connectivity index (χ0n) is 20.6. The molecule has 1 saturated carbocycles. The predicted octanol–water partition coefficient (Wildman–Crippen LogP) is 2.88. The Hall–Kier alpha value is -2.65. The van der Waals surface area contributed by atoms with Gasteiger partial charge in [0.15, 0.2) is 0 Å². The number of amides is 1. The summed E-state index contributed by atoms with van der Waals surface area (Å²) in [6.07, 6.45) is 8.23. The van der Waals surface area contributed by atoms with Crippen LogP contribution >= 0.6 is 0 Å². The molecule has 0 spiro atoms. The molecule has 35 heavy (non-hydrogen) atoms.